The molecule has 0 fully saturated rings. The minimum atomic E-state index is -0.707. The molecule has 62 valence electrons. The van der Waals surface area contributed by atoms with E-state index >= 15 is 0 Å². The Balaban J connectivity index is 3.53. The van der Waals surface area contributed by atoms with E-state index in [9.17, 15) is 8.78 Å². The summed E-state index contributed by atoms with van der Waals surface area (Å²) in [6.07, 6.45) is 0.460. The molecule has 0 heterocycles. The Hall–Kier alpha value is 0.440. The van der Waals surface area contributed by atoms with Crippen LogP contribution in [-0.2, 0) is 0 Å². The Labute approximate surface area is 69.5 Å². The monoisotopic (exact) mass is 190 g/mol. The molecule has 0 nitrogen and oxygen atoms in total. The van der Waals surface area contributed by atoms with Crippen molar-refractivity contribution >= 4 is 23.2 Å². The van der Waals surface area contributed by atoms with Gasteiger partial charge in [-0.3, -0.25) is 8.78 Å². The molecule has 0 rings (SSSR count). The molecule has 0 saturated heterocycles. The highest BCUT2D eigenvalue weighted by Crippen LogP contribution is 2.16. The van der Waals surface area contributed by atoms with Gasteiger partial charge in [-0.1, -0.05) is 0 Å². The van der Waals surface area contributed by atoms with E-state index in [1.54, 1.807) is 0 Å². The molecule has 0 amide bonds. The van der Waals surface area contributed by atoms with Gasteiger partial charge in [0.2, 0.25) is 0 Å². The van der Waals surface area contributed by atoms with E-state index in [0.717, 1.165) is 0 Å². The van der Waals surface area contributed by atoms with Gasteiger partial charge in [-0.15, -0.1) is 23.2 Å². The zero-order valence-electron chi connectivity index (χ0n) is 5.49. The first-order valence-electron chi connectivity index (χ1n) is 3.08. The van der Waals surface area contributed by atoms with E-state index in [1.807, 2.05) is 0 Å². The molecule has 4 heteroatoms. The van der Waals surface area contributed by atoms with Crippen molar-refractivity contribution in [3.63, 3.8) is 0 Å². The van der Waals surface area contributed by atoms with E-state index in [4.69, 9.17) is 23.2 Å². The molecule has 0 spiro atoms. The van der Waals surface area contributed by atoms with E-state index in [2.05, 4.69) is 0 Å². The first-order chi connectivity index (χ1) is 4.76. The summed E-state index contributed by atoms with van der Waals surface area (Å²) in [7, 11) is 0. The highest BCUT2D eigenvalue weighted by Gasteiger charge is 2.18. The smallest absolute Gasteiger partial charge is 0.0961 e. The minimum Gasteiger partial charge on any atom is -0.251 e. The van der Waals surface area contributed by atoms with Crippen LogP contribution in [0, 0.1) is 5.92 Å². The van der Waals surface area contributed by atoms with E-state index in [-0.39, 0.29) is 0 Å². The lowest BCUT2D eigenvalue weighted by atomic mass is 10.1. The van der Waals surface area contributed by atoms with Crippen molar-refractivity contribution in [2.45, 2.75) is 11.8 Å². The lowest BCUT2D eigenvalue weighted by molar-refractivity contribution is 0.278. The summed E-state index contributed by atoms with van der Waals surface area (Å²) < 4.78 is 23.7. The average molecular weight is 191 g/mol. The van der Waals surface area contributed by atoms with Crippen molar-refractivity contribution < 1.29 is 8.78 Å². The molecule has 0 N–H and O–H groups in total. The maximum atomic E-state index is 11.9. The third kappa shape index (κ3) is 3.57. The molecule has 0 bridgehead atoms. The quantitative estimate of drug-likeness (QED) is 0.586. The topological polar surface area (TPSA) is 0 Å². The third-order valence-electron chi connectivity index (χ3n) is 1.29. The standard InChI is InChI=1S/C6H10Cl2F2/c7-2-1-6(8)5(3-9)4-10/h5-6H,1-4H2. The Morgan fingerprint density at radius 2 is 1.70 bits per heavy atom. The highest BCUT2D eigenvalue weighted by molar-refractivity contribution is 6.22. The minimum absolute atomic E-state index is 0.352. The van der Waals surface area contributed by atoms with E-state index in [0.29, 0.717) is 12.3 Å². The van der Waals surface area contributed by atoms with Crippen LogP contribution < -0.4 is 0 Å². The first kappa shape index (κ1) is 10.4. The summed E-state index contributed by atoms with van der Waals surface area (Å²) in [6, 6.07) is 0. The first-order valence-corrected chi connectivity index (χ1v) is 4.05. The summed E-state index contributed by atoms with van der Waals surface area (Å²) >= 11 is 10.9. The molecule has 0 radical (unpaired) electrons. The lowest BCUT2D eigenvalue weighted by Crippen LogP contribution is -2.19. The Morgan fingerprint density at radius 3 is 2.00 bits per heavy atom. The summed E-state index contributed by atoms with van der Waals surface area (Å²) in [4.78, 5) is 0. The van der Waals surface area contributed by atoms with E-state index in [1.165, 1.54) is 0 Å². The molecule has 0 aliphatic carbocycles. The molecular formula is C6H10Cl2F2. The van der Waals surface area contributed by atoms with Gasteiger partial charge in [0.15, 0.2) is 0 Å². The molecule has 10 heavy (non-hydrogen) atoms. The van der Waals surface area contributed by atoms with Crippen molar-refractivity contribution in [1.82, 2.24) is 0 Å². The third-order valence-corrected chi connectivity index (χ3v) is 2.09. The summed E-state index contributed by atoms with van der Waals surface area (Å²) in [5, 5.41) is -0.465. The number of rotatable bonds is 5. The van der Waals surface area contributed by atoms with Crippen LogP contribution in [0.1, 0.15) is 6.42 Å². The second kappa shape index (κ2) is 6.17. The van der Waals surface area contributed by atoms with Gasteiger partial charge >= 0.3 is 0 Å². The highest BCUT2D eigenvalue weighted by atomic mass is 35.5. The zero-order chi connectivity index (χ0) is 7.98. The normalized spacial score (nSPS) is 14.1. The molecule has 0 saturated carbocycles. The van der Waals surface area contributed by atoms with E-state index < -0.39 is 24.6 Å². The van der Waals surface area contributed by atoms with Gasteiger partial charge in [-0.05, 0) is 6.42 Å². The lowest BCUT2D eigenvalue weighted by Gasteiger charge is -2.13. The number of halogens is 4. The average Bonchev–Trinajstić information content (AvgIpc) is 1.91. The van der Waals surface area contributed by atoms with Crippen molar-refractivity contribution in [2.24, 2.45) is 5.92 Å². The van der Waals surface area contributed by atoms with Gasteiger partial charge in [0, 0.05) is 17.2 Å². The largest absolute Gasteiger partial charge is 0.251 e. The van der Waals surface area contributed by atoms with Crippen molar-refractivity contribution in [3.8, 4) is 0 Å². The Bertz CT molecular complexity index is 76.1. The van der Waals surface area contributed by atoms with Crippen LogP contribution in [0.3, 0.4) is 0 Å². The van der Waals surface area contributed by atoms with Crippen molar-refractivity contribution in [1.29, 1.82) is 0 Å². The fourth-order valence-corrected chi connectivity index (χ4v) is 1.17. The van der Waals surface area contributed by atoms with Crippen LogP contribution in [0.4, 0.5) is 8.78 Å². The van der Waals surface area contributed by atoms with Crippen LogP contribution >= 0.6 is 23.2 Å². The van der Waals surface area contributed by atoms with Gasteiger partial charge in [0.05, 0.1) is 13.3 Å². The molecule has 1 unspecified atom stereocenters. The van der Waals surface area contributed by atoms with Gasteiger partial charge < -0.3 is 0 Å². The predicted octanol–water partition coefficient (Wildman–Crippen LogP) is 2.78. The van der Waals surface area contributed by atoms with Gasteiger partial charge in [-0.2, -0.15) is 0 Å². The van der Waals surface area contributed by atoms with Gasteiger partial charge in [0.25, 0.3) is 0 Å². The summed E-state index contributed by atoms with van der Waals surface area (Å²) in [5.41, 5.74) is 0. The summed E-state index contributed by atoms with van der Waals surface area (Å²) in [5.74, 6) is -0.328. The van der Waals surface area contributed by atoms with Crippen LogP contribution in [0.2, 0.25) is 0 Å². The fraction of sp³-hybridized carbons (Fsp3) is 1.00. The maximum Gasteiger partial charge on any atom is 0.0961 e. The predicted molar refractivity (Wildman–Crippen MR) is 40.4 cm³/mol. The summed E-state index contributed by atoms with van der Waals surface area (Å²) in [6.45, 7) is -1.41. The number of hydrogen-bond acceptors (Lipinski definition) is 0. The molecular weight excluding hydrogens is 181 g/mol. The zero-order valence-corrected chi connectivity index (χ0v) is 7.01. The SMILES string of the molecule is FCC(CF)C(Cl)CCCl. The van der Waals surface area contributed by atoms with Crippen LogP contribution in [0.15, 0.2) is 0 Å². The Morgan fingerprint density at radius 1 is 1.20 bits per heavy atom. The number of hydrogen-bond donors (Lipinski definition) is 0. The van der Waals surface area contributed by atoms with Crippen LogP contribution in [-0.4, -0.2) is 24.6 Å². The van der Waals surface area contributed by atoms with Crippen molar-refractivity contribution in [3.05, 3.63) is 0 Å². The Kier molecular flexibility index (Phi) is 6.44. The fourth-order valence-electron chi connectivity index (χ4n) is 0.575. The van der Waals surface area contributed by atoms with Gasteiger partial charge in [-0.25, -0.2) is 0 Å². The molecule has 0 aliphatic rings. The molecule has 0 aromatic carbocycles. The van der Waals surface area contributed by atoms with Crippen LogP contribution in [0.5, 0.6) is 0 Å². The van der Waals surface area contributed by atoms with Crippen molar-refractivity contribution in [2.75, 3.05) is 19.2 Å². The molecule has 0 aromatic rings. The molecule has 0 aliphatic heterocycles. The number of alkyl halides is 4. The maximum absolute atomic E-state index is 11.9. The van der Waals surface area contributed by atoms with Gasteiger partial charge in [0.1, 0.15) is 0 Å². The second-order valence-corrected chi connectivity index (χ2v) is 3.00. The molecule has 0 aromatic heterocycles. The second-order valence-electron chi connectivity index (χ2n) is 2.06. The molecule has 1 atom stereocenters. The van der Waals surface area contributed by atoms with Crippen LogP contribution in [0.25, 0.3) is 0 Å².